The first-order valence-electron chi connectivity index (χ1n) is 9.07. The minimum Gasteiger partial charge on any atom is -0.481 e. The molecule has 0 bridgehead atoms. The van der Waals surface area contributed by atoms with Crippen molar-refractivity contribution < 1.29 is 22.3 Å². The van der Waals surface area contributed by atoms with Crippen LogP contribution < -0.4 is 9.46 Å². The van der Waals surface area contributed by atoms with Gasteiger partial charge in [-0.15, -0.1) is 0 Å². The zero-order valence-electron chi connectivity index (χ0n) is 16.5. The highest BCUT2D eigenvalue weighted by Gasteiger charge is 2.23. The van der Waals surface area contributed by atoms with E-state index in [1.807, 2.05) is 6.07 Å². The Kier molecular flexibility index (Phi) is 5.29. The van der Waals surface area contributed by atoms with E-state index in [4.69, 9.17) is 10.00 Å². The monoisotopic (exact) mass is 451 g/mol. The van der Waals surface area contributed by atoms with Gasteiger partial charge in [-0.05, 0) is 24.3 Å². The Hall–Kier alpha value is -4.30. The lowest BCUT2D eigenvalue weighted by Crippen LogP contribution is -2.15. The van der Waals surface area contributed by atoms with E-state index in [0.29, 0.717) is 11.0 Å². The Morgan fingerprint density at radius 2 is 2.00 bits per heavy atom. The fraction of sp³-hybridized carbons (Fsp3) is 0.0476. The molecule has 0 fully saturated rings. The number of carbonyl (C=O) groups excluding carboxylic acids is 1. The summed E-state index contributed by atoms with van der Waals surface area (Å²) >= 11 is 0. The lowest BCUT2D eigenvalue weighted by atomic mass is 10.0. The highest BCUT2D eigenvalue weighted by Crippen LogP contribution is 2.26. The predicted molar refractivity (Wildman–Crippen MR) is 112 cm³/mol. The standard InChI is InChI=1S/C21H14FN5O4S/c1-31-18-6-5-13(10-24-18)32(29,30)27-17-4-2-3-14(19(17)22)20(28)16-11-26-21-15(16)7-12(8-23)9-25-21/h2-7,9-11,27H,1H3,(H,25,26). The van der Waals surface area contributed by atoms with Gasteiger partial charge in [-0.25, -0.2) is 22.8 Å². The SMILES string of the molecule is COc1ccc(S(=O)(=O)Nc2cccc(C(=O)c3c[nH]c4ncc(C#N)cc34)c2F)cn1. The Bertz CT molecular complexity index is 1490. The minimum atomic E-state index is -4.17. The van der Waals surface area contributed by atoms with Gasteiger partial charge in [0, 0.05) is 29.4 Å². The number of nitriles is 1. The summed E-state index contributed by atoms with van der Waals surface area (Å²) < 4.78 is 47.4. The maximum atomic E-state index is 15.2. The third kappa shape index (κ3) is 3.75. The van der Waals surface area contributed by atoms with Crippen LogP contribution in [0.2, 0.25) is 0 Å². The maximum absolute atomic E-state index is 15.2. The van der Waals surface area contributed by atoms with Crippen LogP contribution in [0.25, 0.3) is 11.0 Å². The Balaban J connectivity index is 1.70. The lowest BCUT2D eigenvalue weighted by Gasteiger charge is -2.11. The van der Waals surface area contributed by atoms with Crippen molar-refractivity contribution in [3.63, 3.8) is 0 Å². The van der Waals surface area contributed by atoms with E-state index >= 15 is 4.39 Å². The molecule has 0 aliphatic rings. The van der Waals surface area contributed by atoms with Crippen LogP contribution in [-0.4, -0.2) is 36.3 Å². The molecule has 0 saturated heterocycles. The third-order valence-corrected chi connectivity index (χ3v) is 5.97. The summed E-state index contributed by atoms with van der Waals surface area (Å²) in [6.07, 6.45) is 3.78. The Morgan fingerprint density at radius 3 is 2.69 bits per heavy atom. The predicted octanol–water partition coefficient (Wildman–Crippen LogP) is 3.01. The van der Waals surface area contributed by atoms with Crippen molar-refractivity contribution in [2.24, 2.45) is 0 Å². The number of fused-ring (bicyclic) bond motifs is 1. The summed E-state index contributed by atoms with van der Waals surface area (Å²) in [6, 6.07) is 9.80. The third-order valence-electron chi connectivity index (χ3n) is 4.62. The van der Waals surface area contributed by atoms with E-state index in [1.165, 1.54) is 55.9 Å². The highest BCUT2D eigenvalue weighted by atomic mass is 32.2. The number of ether oxygens (including phenoxy) is 1. The van der Waals surface area contributed by atoms with Gasteiger partial charge in [0.2, 0.25) is 5.88 Å². The summed E-state index contributed by atoms with van der Waals surface area (Å²) in [6.45, 7) is 0. The molecular formula is C21H14FN5O4S. The number of hydrogen-bond acceptors (Lipinski definition) is 7. The zero-order valence-corrected chi connectivity index (χ0v) is 17.3. The largest absolute Gasteiger partial charge is 0.481 e. The van der Waals surface area contributed by atoms with E-state index in [0.717, 1.165) is 6.20 Å². The van der Waals surface area contributed by atoms with Crippen molar-refractivity contribution in [3.05, 3.63) is 77.5 Å². The number of halogens is 1. The molecule has 0 aliphatic heterocycles. The molecule has 160 valence electrons. The quantitative estimate of drug-likeness (QED) is 0.430. The molecule has 3 aromatic heterocycles. The molecule has 0 saturated carbocycles. The number of pyridine rings is 2. The number of hydrogen-bond donors (Lipinski definition) is 2. The summed E-state index contributed by atoms with van der Waals surface area (Å²) in [5, 5.41) is 9.42. The van der Waals surface area contributed by atoms with Crippen molar-refractivity contribution in [2.75, 3.05) is 11.8 Å². The molecule has 0 spiro atoms. The van der Waals surface area contributed by atoms with Gasteiger partial charge in [0.25, 0.3) is 10.0 Å². The van der Waals surface area contributed by atoms with E-state index in [1.54, 1.807) is 0 Å². The van der Waals surface area contributed by atoms with Gasteiger partial charge in [-0.1, -0.05) is 6.07 Å². The number of nitrogens with zero attached hydrogens (tertiary/aromatic N) is 3. The van der Waals surface area contributed by atoms with Crippen molar-refractivity contribution in [3.8, 4) is 11.9 Å². The average Bonchev–Trinajstić information content (AvgIpc) is 3.23. The van der Waals surface area contributed by atoms with Crippen LogP contribution in [0.4, 0.5) is 10.1 Å². The van der Waals surface area contributed by atoms with Crippen molar-refractivity contribution in [1.82, 2.24) is 15.0 Å². The zero-order chi connectivity index (χ0) is 22.9. The highest BCUT2D eigenvalue weighted by molar-refractivity contribution is 7.92. The van der Waals surface area contributed by atoms with Gasteiger partial charge in [0.15, 0.2) is 11.6 Å². The number of carbonyl (C=O) groups is 1. The summed E-state index contributed by atoms with van der Waals surface area (Å²) in [5.74, 6) is -1.52. The number of rotatable bonds is 6. The van der Waals surface area contributed by atoms with Crippen LogP contribution in [0.3, 0.4) is 0 Å². The van der Waals surface area contributed by atoms with Gasteiger partial charge in [0.1, 0.15) is 16.6 Å². The fourth-order valence-corrected chi connectivity index (χ4v) is 4.04. The molecule has 3 heterocycles. The number of methoxy groups -OCH3 is 1. The summed E-state index contributed by atoms with van der Waals surface area (Å²) in [5.41, 5.74) is -0.0515. The van der Waals surface area contributed by atoms with Crippen LogP contribution >= 0.6 is 0 Å². The molecule has 0 aliphatic carbocycles. The average molecular weight is 451 g/mol. The second-order valence-corrected chi connectivity index (χ2v) is 8.25. The number of nitrogens with one attached hydrogen (secondary N) is 2. The number of aromatic nitrogens is 3. The number of H-pyrrole nitrogens is 1. The van der Waals surface area contributed by atoms with Gasteiger partial charge < -0.3 is 9.72 Å². The number of aromatic amines is 1. The molecular weight excluding hydrogens is 437 g/mol. The second-order valence-electron chi connectivity index (χ2n) is 6.57. The molecule has 32 heavy (non-hydrogen) atoms. The first-order valence-corrected chi connectivity index (χ1v) is 10.6. The molecule has 0 unspecified atom stereocenters. The molecule has 4 aromatic rings. The van der Waals surface area contributed by atoms with Crippen LogP contribution in [0.1, 0.15) is 21.5 Å². The second kappa shape index (κ2) is 8.09. The Morgan fingerprint density at radius 1 is 1.19 bits per heavy atom. The first kappa shape index (κ1) is 21.0. The molecule has 2 N–H and O–H groups in total. The van der Waals surface area contributed by atoms with Crippen molar-refractivity contribution >= 4 is 32.5 Å². The lowest BCUT2D eigenvalue weighted by molar-refractivity contribution is 0.103. The summed E-state index contributed by atoms with van der Waals surface area (Å²) in [4.78, 5) is 23.5. The smallest absolute Gasteiger partial charge is 0.263 e. The normalized spacial score (nSPS) is 11.2. The Labute approximate surface area is 181 Å². The molecule has 0 amide bonds. The molecule has 0 atom stereocenters. The molecule has 1 aromatic carbocycles. The molecule has 4 rings (SSSR count). The van der Waals surface area contributed by atoms with Gasteiger partial charge in [0.05, 0.1) is 30.1 Å². The van der Waals surface area contributed by atoms with E-state index in [-0.39, 0.29) is 27.5 Å². The maximum Gasteiger partial charge on any atom is 0.263 e. The minimum absolute atomic E-state index is 0.0999. The van der Waals surface area contributed by atoms with E-state index in [2.05, 4.69) is 19.7 Å². The van der Waals surface area contributed by atoms with Crippen LogP contribution in [-0.2, 0) is 10.0 Å². The van der Waals surface area contributed by atoms with Crippen molar-refractivity contribution in [1.29, 1.82) is 5.26 Å². The van der Waals surface area contributed by atoms with Crippen molar-refractivity contribution in [2.45, 2.75) is 4.90 Å². The van der Waals surface area contributed by atoms with Gasteiger partial charge >= 0.3 is 0 Å². The van der Waals surface area contributed by atoms with E-state index < -0.39 is 27.3 Å². The number of anilines is 1. The molecule has 0 radical (unpaired) electrons. The van der Waals surface area contributed by atoms with Gasteiger partial charge in [-0.3, -0.25) is 9.52 Å². The van der Waals surface area contributed by atoms with Crippen LogP contribution in [0.15, 0.2) is 59.9 Å². The van der Waals surface area contributed by atoms with Crippen LogP contribution in [0.5, 0.6) is 5.88 Å². The number of ketones is 1. The molecule has 11 heteroatoms. The number of sulfonamides is 1. The van der Waals surface area contributed by atoms with E-state index in [9.17, 15) is 13.2 Å². The summed E-state index contributed by atoms with van der Waals surface area (Å²) in [7, 11) is -2.79. The topological polar surface area (TPSA) is 138 Å². The fourth-order valence-electron chi connectivity index (χ4n) is 3.03. The van der Waals surface area contributed by atoms with Crippen LogP contribution in [0, 0.1) is 17.1 Å². The number of benzene rings is 1. The first-order chi connectivity index (χ1) is 15.3. The molecule has 9 nitrogen and oxygen atoms in total. The van der Waals surface area contributed by atoms with Gasteiger partial charge in [-0.2, -0.15) is 5.26 Å².